The fourth-order valence-corrected chi connectivity index (χ4v) is 13.3. The molecule has 6 aromatic heterocycles. The molecular weight excluding hydrogens is 901 g/mol. The zero-order valence-electron chi connectivity index (χ0n) is 38.3. The van der Waals surface area contributed by atoms with Crippen LogP contribution in [-0.2, 0) is 0 Å². The lowest BCUT2D eigenvalue weighted by Gasteiger charge is -2.09. The third kappa shape index (κ3) is 5.30. The molecule has 0 saturated heterocycles. The van der Waals surface area contributed by atoms with Crippen molar-refractivity contribution in [3.8, 4) is 33.6 Å². The number of furan rings is 3. The highest BCUT2D eigenvalue weighted by molar-refractivity contribution is 7.26. The Kier molecular flexibility index (Phi) is 7.55. The van der Waals surface area contributed by atoms with Crippen LogP contribution < -0.4 is 0 Å². The minimum Gasteiger partial charge on any atom is -0.456 e. The van der Waals surface area contributed by atoms with E-state index in [1.54, 1.807) is 0 Å². The summed E-state index contributed by atoms with van der Waals surface area (Å²) >= 11 is 1.88. The summed E-state index contributed by atoms with van der Waals surface area (Å²) in [5.74, 6) is 0. The van der Waals surface area contributed by atoms with Gasteiger partial charge in [0.25, 0.3) is 0 Å². The molecule has 0 aliphatic carbocycles. The van der Waals surface area contributed by atoms with Crippen molar-refractivity contribution in [3.05, 3.63) is 218 Å². The van der Waals surface area contributed by atoms with Crippen LogP contribution in [0.1, 0.15) is 0 Å². The molecule has 0 radical (unpaired) electrons. The summed E-state index contributed by atoms with van der Waals surface area (Å²) in [5, 5.41) is 14.2. The summed E-state index contributed by atoms with van der Waals surface area (Å²) in [5.41, 5.74) is 17.0. The van der Waals surface area contributed by atoms with Crippen molar-refractivity contribution in [1.82, 2.24) is 9.13 Å². The lowest BCUT2D eigenvalue weighted by atomic mass is 10.00. The van der Waals surface area contributed by atoms with Crippen LogP contribution in [0.2, 0.25) is 0 Å². The predicted octanol–water partition coefficient (Wildman–Crippen LogP) is 19.3. The Labute approximate surface area is 413 Å². The highest BCUT2D eigenvalue weighted by Gasteiger charge is 2.21. The summed E-state index contributed by atoms with van der Waals surface area (Å²) in [7, 11) is 0. The molecule has 0 N–H and O–H groups in total. The minimum absolute atomic E-state index is 0.872. The summed E-state index contributed by atoms with van der Waals surface area (Å²) in [6, 6.07) is 78.9. The molecule has 17 rings (SSSR count). The fourth-order valence-electron chi connectivity index (χ4n) is 12.0. The van der Waals surface area contributed by atoms with E-state index in [1.807, 2.05) is 35.6 Å². The van der Waals surface area contributed by atoms with Crippen LogP contribution in [0.15, 0.2) is 232 Å². The molecule has 0 fully saturated rings. The molecule has 0 amide bonds. The Bertz CT molecular complexity index is 5190. The van der Waals surface area contributed by atoms with E-state index < -0.39 is 0 Å². The van der Waals surface area contributed by atoms with Crippen LogP contribution in [0.25, 0.3) is 163 Å². The topological polar surface area (TPSA) is 49.3 Å². The maximum absolute atomic E-state index is 6.55. The molecule has 72 heavy (non-hydrogen) atoms. The van der Waals surface area contributed by atoms with E-state index in [-0.39, 0.29) is 0 Å². The van der Waals surface area contributed by atoms with Crippen molar-refractivity contribution in [2.24, 2.45) is 0 Å². The predicted molar refractivity (Wildman–Crippen MR) is 301 cm³/mol. The molecular formula is C66H36N2O3S. The second-order valence-corrected chi connectivity index (χ2v) is 20.2. The molecule has 0 unspecified atom stereocenters. The van der Waals surface area contributed by atoms with Crippen molar-refractivity contribution < 1.29 is 13.3 Å². The highest BCUT2D eigenvalue weighted by atomic mass is 32.1. The van der Waals surface area contributed by atoms with Gasteiger partial charge >= 0.3 is 0 Å². The average molecular weight is 937 g/mol. The maximum atomic E-state index is 6.55. The normalized spacial score (nSPS) is 12.4. The second kappa shape index (κ2) is 14.1. The van der Waals surface area contributed by atoms with Crippen LogP contribution in [0.5, 0.6) is 0 Å². The van der Waals surface area contributed by atoms with E-state index in [1.165, 1.54) is 63.9 Å². The SMILES string of the molecule is c1ccc2c(c1)oc1ccc(-c3ccc4c(c3)c3ccccc3n4-c3ccc4oc5ccc(-c6ccc7sc8c(ccc9c8c8ccccc8n9-c8ccc9oc%10ccccc%10c9c8)c7c6)cc5c4c3)cc12. The number of nitrogens with zero attached hydrogens (tertiary/aromatic N) is 2. The molecule has 0 aliphatic heterocycles. The number of hydrogen-bond donors (Lipinski definition) is 0. The van der Waals surface area contributed by atoms with Gasteiger partial charge in [-0.1, -0.05) is 103 Å². The number of rotatable bonds is 4. The monoisotopic (exact) mass is 936 g/mol. The third-order valence-electron chi connectivity index (χ3n) is 15.3. The minimum atomic E-state index is 0.872. The van der Waals surface area contributed by atoms with Crippen molar-refractivity contribution in [3.63, 3.8) is 0 Å². The Morgan fingerprint density at radius 3 is 1.33 bits per heavy atom. The van der Waals surface area contributed by atoms with Gasteiger partial charge in [-0.15, -0.1) is 11.3 Å². The molecule has 11 aromatic carbocycles. The number of aromatic nitrogens is 2. The molecule has 334 valence electrons. The number of fused-ring (bicyclic) bond motifs is 19. The lowest BCUT2D eigenvalue weighted by Crippen LogP contribution is -1.93. The number of para-hydroxylation sites is 4. The molecule has 0 aliphatic rings. The van der Waals surface area contributed by atoms with Gasteiger partial charge in [0.15, 0.2) is 0 Å². The first kappa shape index (κ1) is 38.5. The molecule has 6 heteroatoms. The van der Waals surface area contributed by atoms with E-state index >= 15 is 0 Å². The van der Waals surface area contributed by atoms with Gasteiger partial charge < -0.3 is 22.4 Å². The molecule has 0 atom stereocenters. The first-order valence-corrected chi connectivity index (χ1v) is 25.2. The van der Waals surface area contributed by atoms with Crippen molar-refractivity contribution in [2.75, 3.05) is 0 Å². The summed E-state index contributed by atoms with van der Waals surface area (Å²) < 4.78 is 26.3. The van der Waals surface area contributed by atoms with Crippen molar-refractivity contribution in [1.29, 1.82) is 0 Å². The Morgan fingerprint density at radius 1 is 0.264 bits per heavy atom. The molecule has 0 saturated carbocycles. The van der Waals surface area contributed by atoms with E-state index in [9.17, 15) is 0 Å². The van der Waals surface area contributed by atoms with Gasteiger partial charge in [-0.25, -0.2) is 0 Å². The standard InChI is InChI=1S/C66H36N2O3S/c1-5-13-54-43(9-1)48-31-37(38-18-26-60-49(32-38)44-10-3-7-15-58(44)69-60)17-24-56(48)67(54)41-21-29-63-52(36-41)50-33-39(19-27-61(50)71-63)40-20-30-64-53(34-40)46-23-25-57-65(66(46)72-64)47-12-2-6-14-55(47)68(57)42-22-28-62-51(35-42)45-11-4-8-16-59(45)70-62/h1-36H. The Hall–Kier alpha value is -9.36. The highest BCUT2D eigenvalue weighted by Crippen LogP contribution is 2.46. The van der Waals surface area contributed by atoms with Crippen LogP contribution in [0.4, 0.5) is 0 Å². The molecule has 6 heterocycles. The number of thiophene rings is 1. The molecule has 0 spiro atoms. The smallest absolute Gasteiger partial charge is 0.135 e. The quantitative estimate of drug-likeness (QED) is 0.177. The molecule has 0 bridgehead atoms. The average Bonchev–Trinajstić information content (AvgIpc) is 4.29. The molecule has 5 nitrogen and oxygen atoms in total. The Balaban J connectivity index is 0.778. The van der Waals surface area contributed by atoms with Gasteiger partial charge in [-0.05, 0) is 138 Å². The van der Waals surface area contributed by atoms with Gasteiger partial charge in [-0.3, -0.25) is 0 Å². The lowest BCUT2D eigenvalue weighted by molar-refractivity contribution is 0.668. The van der Waals surface area contributed by atoms with Gasteiger partial charge in [-0.2, -0.15) is 0 Å². The van der Waals surface area contributed by atoms with E-state index in [4.69, 9.17) is 13.3 Å². The second-order valence-electron chi connectivity index (χ2n) is 19.2. The first-order chi connectivity index (χ1) is 35.6. The number of benzene rings is 11. The van der Waals surface area contributed by atoms with E-state index in [0.717, 1.165) is 99.4 Å². The van der Waals surface area contributed by atoms with Crippen LogP contribution in [-0.4, -0.2) is 9.13 Å². The third-order valence-corrected chi connectivity index (χ3v) is 16.5. The maximum Gasteiger partial charge on any atom is 0.135 e. The van der Waals surface area contributed by atoms with Crippen LogP contribution >= 0.6 is 11.3 Å². The fraction of sp³-hybridized carbons (Fsp3) is 0. The van der Waals surface area contributed by atoms with Crippen molar-refractivity contribution >= 4 is 141 Å². The molecule has 17 aromatic rings. The zero-order valence-corrected chi connectivity index (χ0v) is 39.1. The summed E-state index contributed by atoms with van der Waals surface area (Å²) in [6.07, 6.45) is 0. The zero-order chi connectivity index (χ0) is 46.8. The van der Waals surface area contributed by atoms with Crippen LogP contribution in [0.3, 0.4) is 0 Å². The van der Waals surface area contributed by atoms with Gasteiger partial charge in [0.05, 0.1) is 22.1 Å². The number of hydrogen-bond acceptors (Lipinski definition) is 4. The van der Waals surface area contributed by atoms with E-state index in [0.29, 0.717) is 0 Å². The van der Waals surface area contributed by atoms with E-state index in [2.05, 4.69) is 203 Å². The van der Waals surface area contributed by atoms with Crippen molar-refractivity contribution in [2.45, 2.75) is 0 Å². The van der Waals surface area contributed by atoms with Gasteiger partial charge in [0.1, 0.15) is 33.5 Å². The largest absolute Gasteiger partial charge is 0.456 e. The Morgan fingerprint density at radius 2 is 0.681 bits per heavy atom. The van der Waals surface area contributed by atoms with Gasteiger partial charge in [0, 0.05) is 85.4 Å². The van der Waals surface area contributed by atoms with Gasteiger partial charge in [0.2, 0.25) is 0 Å². The first-order valence-electron chi connectivity index (χ1n) is 24.4. The summed E-state index contributed by atoms with van der Waals surface area (Å²) in [4.78, 5) is 0. The van der Waals surface area contributed by atoms with Crippen LogP contribution in [0, 0.1) is 0 Å². The summed E-state index contributed by atoms with van der Waals surface area (Å²) in [6.45, 7) is 0.